The number of ether oxygens (including phenoxy) is 1. The highest BCUT2D eigenvalue weighted by atomic mass is 16.5. The van der Waals surface area contributed by atoms with Crippen LogP contribution in [0.3, 0.4) is 0 Å². The zero-order valence-corrected chi connectivity index (χ0v) is 9.15. The van der Waals surface area contributed by atoms with Gasteiger partial charge in [0.05, 0.1) is 6.61 Å². The Morgan fingerprint density at radius 2 is 2.20 bits per heavy atom. The Hall–Kier alpha value is -1.71. The van der Waals surface area contributed by atoms with Crippen LogP contribution >= 0.6 is 0 Å². The summed E-state index contributed by atoms with van der Waals surface area (Å²) in [4.78, 5) is 6.19. The van der Waals surface area contributed by atoms with Crippen LogP contribution in [0.2, 0.25) is 0 Å². The molecule has 0 N–H and O–H groups in total. The number of para-hydroxylation sites is 1. The van der Waals surface area contributed by atoms with E-state index in [4.69, 9.17) is 9.15 Å². The Labute approximate surface area is 88.5 Å². The number of benzene rings is 1. The molecule has 4 nitrogen and oxygen atoms in total. The van der Waals surface area contributed by atoms with Crippen LogP contribution in [0.4, 0.5) is 6.01 Å². The van der Waals surface area contributed by atoms with Crippen molar-refractivity contribution < 1.29 is 9.15 Å². The van der Waals surface area contributed by atoms with Crippen LogP contribution in [-0.4, -0.2) is 25.7 Å². The van der Waals surface area contributed by atoms with E-state index in [1.165, 1.54) is 0 Å². The predicted molar refractivity (Wildman–Crippen MR) is 59.5 cm³/mol. The average Bonchev–Trinajstić information content (AvgIpc) is 2.63. The average molecular weight is 206 g/mol. The van der Waals surface area contributed by atoms with Crippen molar-refractivity contribution in [3.05, 3.63) is 18.2 Å². The lowest BCUT2D eigenvalue weighted by molar-refractivity contribution is 0.343. The second-order valence-corrected chi connectivity index (χ2v) is 3.43. The number of anilines is 1. The topological polar surface area (TPSA) is 38.5 Å². The summed E-state index contributed by atoms with van der Waals surface area (Å²) < 4.78 is 11.0. The molecule has 0 saturated carbocycles. The molecule has 0 saturated heterocycles. The van der Waals surface area contributed by atoms with E-state index in [0.717, 1.165) is 16.8 Å². The Balaban J connectivity index is 2.54. The van der Waals surface area contributed by atoms with E-state index in [1.54, 1.807) is 0 Å². The van der Waals surface area contributed by atoms with Crippen LogP contribution in [-0.2, 0) is 0 Å². The smallest absolute Gasteiger partial charge is 0.297 e. The van der Waals surface area contributed by atoms with Gasteiger partial charge in [-0.15, -0.1) is 0 Å². The molecule has 0 unspecified atom stereocenters. The number of oxazole rings is 1. The van der Waals surface area contributed by atoms with Gasteiger partial charge >= 0.3 is 0 Å². The molecule has 0 atom stereocenters. The van der Waals surface area contributed by atoms with Crippen molar-refractivity contribution in [2.45, 2.75) is 6.92 Å². The minimum atomic E-state index is 0.595. The summed E-state index contributed by atoms with van der Waals surface area (Å²) in [5.41, 5.74) is 1.53. The fraction of sp³-hybridized carbons (Fsp3) is 0.364. The Bertz CT molecular complexity index is 463. The van der Waals surface area contributed by atoms with Crippen LogP contribution in [0.1, 0.15) is 6.92 Å². The molecule has 0 bridgehead atoms. The third-order valence-corrected chi connectivity index (χ3v) is 2.05. The fourth-order valence-electron chi connectivity index (χ4n) is 1.37. The predicted octanol–water partition coefficient (Wildman–Crippen LogP) is 2.29. The maximum Gasteiger partial charge on any atom is 0.297 e. The van der Waals surface area contributed by atoms with Gasteiger partial charge in [0.15, 0.2) is 11.1 Å². The largest absolute Gasteiger partial charge is 0.491 e. The Morgan fingerprint density at radius 1 is 1.40 bits per heavy atom. The van der Waals surface area contributed by atoms with Gasteiger partial charge in [-0.2, -0.15) is 4.98 Å². The molecule has 2 aromatic rings. The molecule has 0 fully saturated rings. The van der Waals surface area contributed by atoms with Gasteiger partial charge in [0.25, 0.3) is 6.01 Å². The number of fused-ring (bicyclic) bond motifs is 1. The fourth-order valence-corrected chi connectivity index (χ4v) is 1.37. The van der Waals surface area contributed by atoms with E-state index in [9.17, 15) is 0 Å². The Morgan fingerprint density at radius 3 is 2.87 bits per heavy atom. The third kappa shape index (κ3) is 1.75. The zero-order valence-electron chi connectivity index (χ0n) is 9.15. The molecule has 15 heavy (non-hydrogen) atoms. The highest BCUT2D eigenvalue weighted by Gasteiger charge is 2.11. The monoisotopic (exact) mass is 206 g/mol. The summed E-state index contributed by atoms with van der Waals surface area (Å²) in [5, 5.41) is 0. The third-order valence-electron chi connectivity index (χ3n) is 2.05. The lowest BCUT2D eigenvalue weighted by atomic mass is 10.3. The van der Waals surface area contributed by atoms with Crippen LogP contribution in [0.5, 0.6) is 5.75 Å². The molecule has 80 valence electrons. The van der Waals surface area contributed by atoms with Gasteiger partial charge in [-0.1, -0.05) is 6.07 Å². The van der Waals surface area contributed by atoms with Crippen molar-refractivity contribution in [1.82, 2.24) is 4.98 Å². The molecule has 1 aromatic heterocycles. The van der Waals surface area contributed by atoms with Crippen molar-refractivity contribution in [3.63, 3.8) is 0 Å². The van der Waals surface area contributed by atoms with Crippen LogP contribution in [0.15, 0.2) is 22.6 Å². The first-order valence-electron chi connectivity index (χ1n) is 4.92. The van der Waals surface area contributed by atoms with E-state index in [-0.39, 0.29) is 0 Å². The van der Waals surface area contributed by atoms with Gasteiger partial charge in [0.2, 0.25) is 0 Å². The summed E-state index contributed by atoms with van der Waals surface area (Å²) in [7, 11) is 3.79. The van der Waals surface area contributed by atoms with Gasteiger partial charge in [-0.25, -0.2) is 0 Å². The molecule has 1 heterocycles. The summed E-state index contributed by atoms with van der Waals surface area (Å²) in [6.45, 7) is 2.58. The second-order valence-electron chi connectivity index (χ2n) is 3.43. The van der Waals surface area contributed by atoms with E-state index in [0.29, 0.717) is 12.6 Å². The van der Waals surface area contributed by atoms with E-state index in [1.807, 2.05) is 44.1 Å². The number of rotatable bonds is 3. The molecule has 2 rings (SSSR count). The summed E-state index contributed by atoms with van der Waals surface area (Å²) >= 11 is 0. The highest BCUT2D eigenvalue weighted by molar-refractivity contribution is 5.81. The maximum atomic E-state index is 5.55. The number of hydrogen-bond donors (Lipinski definition) is 0. The van der Waals surface area contributed by atoms with Crippen molar-refractivity contribution in [3.8, 4) is 5.75 Å². The first-order chi connectivity index (χ1) is 7.22. The van der Waals surface area contributed by atoms with Crippen molar-refractivity contribution in [2.75, 3.05) is 25.6 Å². The minimum absolute atomic E-state index is 0.595. The van der Waals surface area contributed by atoms with Gasteiger partial charge < -0.3 is 14.1 Å². The lowest BCUT2D eigenvalue weighted by Gasteiger charge is -2.03. The first-order valence-corrected chi connectivity index (χ1v) is 4.92. The summed E-state index contributed by atoms with van der Waals surface area (Å²) in [6, 6.07) is 6.28. The molecule has 0 amide bonds. The molecular formula is C11H14N2O2. The van der Waals surface area contributed by atoms with Gasteiger partial charge in [-0.3, -0.25) is 0 Å². The lowest BCUT2D eigenvalue weighted by Crippen LogP contribution is -2.08. The van der Waals surface area contributed by atoms with Crippen LogP contribution in [0.25, 0.3) is 11.1 Å². The minimum Gasteiger partial charge on any atom is -0.491 e. The molecule has 1 aromatic carbocycles. The quantitative estimate of drug-likeness (QED) is 0.772. The van der Waals surface area contributed by atoms with Gasteiger partial charge in [-0.05, 0) is 19.1 Å². The zero-order chi connectivity index (χ0) is 10.8. The second kappa shape index (κ2) is 3.81. The molecule has 4 heteroatoms. The molecule has 0 spiro atoms. The summed E-state index contributed by atoms with van der Waals surface area (Å²) in [5.74, 6) is 0.770. The van der Waals surface area contributed by atoms with Crippen molar-refractivity contribution >= 4 is 17.1 Å². The normalized spacial score (nSPS) is 10.6. The Kier molecular flexibility index (Phi) is 2.49. The van der Waals surface area contributed by atoms with Gasteiger partial charge in [0, 0.05) is 14.1 Å². The van der Waals surface area contributed by atoms with Crippen LogP contribution < -0.4 is 9.64 Å². The molecule has 0 aliphatic rings. The van der Waals surface area contributed by atoms with Crippen molar-refractivity contribution in [1.29, 1.82) is 0 Å². The standard InChI is InChI=1S/C11H14N2O2/c1-4-14-8-6-5-7-9-10(8)12-11(15-9)13(2)3/h5-7H,4H2,1-3H3. The highest BCUT2D eigenvalue weighted by Crippen LogP contribution is 2.28. The maximum absolute atomic E-state index is 5.55. The molecule has 0 aliphatic carbocycles. The van der Waals surface area contributed by atoms with E-state index >= 15 is 0 Å². The SMILES string of the molecule is CCOc1cccc2oc(N(C)C)nc12. The van der Waals surface area contributed by atoms with Gasteiger partial charge in [0.1, 0.15) is 5.75 Å². The van der Waals surface area contributed by atoms with E-state index < -0.39 is 0 Å². The molecule has 0 aliphatic heterocycles. The van der Waals surface area contributed by atoms with Crippen molar-refractivity contribution in [2.24, 2.45) is 0 Å². The van der Waals surface area contributed by atoms with Crippen LogP contribution in [0, 0.1) is 0 Å². The van der Waals surface area contributed by atoms with E-state index in [2.05, 4.69) is 4.98 Å². The number of nitrogens with zero attached hydrogens (tertiary/aromatic N) is 2. The summed E-state index contributed by atoms with van der Waals surface area (Å²) in [6.07, 6.45) is 0. The first kappa shape index (κ1) is 9.83. The number of aromatic nitrogens is 1. The molecule has 0 radical (unpaired) electrons. The number of hydrogen-bond acceptors (Lipinski definition) is 4. The molecular weight excluding hydrogens is 192 g/mol.